The van der Waals surface area contributed by atoms with Gasteiger partial charge in [0.15, 0.2) is 5.65 Å². The number of halogens is 1. The first-order chi connectivity index (χ1) is 18.8. The van der Waals surface area contributed by atoms with Crippen LogP contribution in [-0.2, 0) is 13.6 Å². The van der Waals surface area contributed by atoms with Gasteiger partial charge >= 0.3 is 5.69 Å². The van der Waals surface area contributed by atoms with Gasteiger partial charge < -0.3 is 10.3 Å². The first kappa shape index (κ1) is 24.5. The number of aromatic nitrogens is 6. The second-order valence-electron chi connectivity index (χ2n) is 9.89. The van der Waals surface area contributed by atoms with Gasteiger partial charge in [0.05, 0.1) is 18.3 Å². The van der Waals surface area contributed by atoms with E-state index < -0.39 is 17.1 Å². The molecule has 39 heavy (non-hydrogen) atoms. The van der Waals surface area contributed by atoms with E-state index in [4.69, 9.17) is 4.98 Å². The molecule has 0 radical (unpaired) electrons. The van der Waals surface area contributed by atoms with Crippen molar-refractivity contribution >= 4 is 22.8 Å². The maximum absolute atomic E-state index is 14.3. The van der Waals surface area contributed by atoms with Gasteiger partial charge in [-0.15, -0.1) is 0 Å². The van der Waals surface area contributed by atoms with E-state index in [1.54, 1.807) is 52.8 Å². The third-order valence-corrected chi connectivity index (χ3v) is 7.07. The topological polar surface area (TPSA) is 120 Å². The maximum Gasteiger partial charge on any atom is 0.333 e. The number of amides is 1. The quantitative estimate of drug-likeness (QED) is 0.336. The molecule has 2 aromatic carbocycles. The number of nitrogens with zero attached hydrogens (tertiary/aromatic N) is 5. The molecule has 1 atom stereocenters. The minimum atomic E-state index is -0.533. The Morgan fingerprint density at radius 3 is 2.56 bits per heavy atom. The molecule has 5 aromatic rings. The first-order valence-corrected chi connectivity index (χ1v) is 12.7. The van der Waals surface area contributed by atoms with Crippen LogP contribution in [0.3, 0.4) is 0 Å². The van der Waals surface area contributed by atoms with Crippen LogP contribution in [0.2, 0.25) is 0 Å². The monoisotopic (exact) mass is 527 g/mol. The van der Waals surface area contributed by atoms with E-state index in [1.807, 2.05) is 19.1 Å². The number of imidazole rings is 1. The SMILES string of the molecule is CC(c1ccc(NC(=O)c2cnn(C)c2)cc1)c1nc2c([nH]1)c(=O)n(Cc1ccccc1F)c(=O)n2C1CC1. The molecule has 10 nitrogen and oxygen atoms in total. The van der Waals surface area contributed by atoms with Crippen molar-refractivity contribution in [2.45, 2.75) is 38.3 Å². The highest BCUT2D eigenvalue weighted by atomic mass is 19.1. The maximum atomic E-state index is 14.3. The molecule has 1 unspecified atom stereocenters. The molecule has 1 fully saturated rings. The smallest absolute Gasteiger partial charge is 0.333 e. The largest absolute Gasteiger partial charge is 0.336 e. The molecular formula is C28H26FN7O3. The van der Waals surface area contributed by atoms with Crippen LogP contribution in [0.15, 0.2) is 70.5 Å². The fourth-order valence-corrected chi connectivity index (χ4v) is 4.71. The van der Waals surface area contributed by atoms with E-state index in [-0.39, 0.29) is 35.5 Å². The number of anilines is 1. The van der Waals surface area contributed by atoms with E-state index in [0.717, 1.165) is 23.0 Å². The molecule has 1 saturated carbocycles. The summed E-state index contributed by atoms with van der Waals surface area (Å²) in [5, 5.41) is 6.86. The molecule has 6 rings (SSSR count). The lowest BCUT2D eigenvalue weighted by molar-refractivity contribution is 0.102. The number of nitrogens with one attached hydrogen (secondary N) is 2. The van der Waals surface area contributed by atoms with Crippen molar-refractivity contribution < 1.29 is 9.18 Å². The summed E-state index contributed by atoms with van der Waals surface area (Å²) in [6, 6.07) is 13.4. The van der Waals surface area contributed by atoms with Crippen LogP contribution in [0.5, 0.6) is 0 Å². The summed E-state index contributed by atoms with van der Waals surface area (Å²) < 4.78 is 18.5. The molecule has 2 N–H and O–H groups in total. The predicted molar refractivity (Wildman–Crippen MR) is 144 cm³/mol. The van der Waals surface area contributed by atoms with Crippen molar-refractivity contribution in [2.75, 3.05) is 5.32 Å². The standard InChI is InChI=1S/C28H26FN7O3/c1-16(17-7-9-20(10-8-17)31-26(37)19-13-30-34(2)14-19)24-32-23-25(33-24)36(21-11-12-21)28(39)35(27(23)38)15-18-5-3-4-6-22(18)29/h3-10,13-14,16,21H,11-12,15H2,1-2H3,(H,31,37)(H,32,33). The number of fused-ring (bicyclic) bond motifs is 1. The van der Waals surface area contributed by atoms with Gasteiger partial charge in [-0.3, -0.25) is 23.4 Å². The van der Waals surface area contributed by atoms with Gasteiger partial charge in [0.25, 0.3) is 11.5 Å². The molecule has 1 amide bonds. The van der Waals surface area contributed by atoms with Gasteiger partial charge in [-0.05, 0) is 36.6 Å². The summed E-state index contributed by atoms with van der Waals surface area (Å²) in [5.74, 6) is -0.430. The Kier molecular flexibility index (Phi) is 5.97. The van der Waals surface area contributed by atoms with Crippen LogP contribution in [0.1, 0.15) is 59.0 Å². The highest BCUT2D eigenvalue weighted by molar-refractivity contribution is 6.03. The number of aromatic amines is 1. The molecule has 1 aliphatic carbocycles. The number of hydrogen-bond donors (Lipinski definition) is 2. The number of hydrogen-bond acceptors (Lipinski definition) is 5. The molecule has 0 aliphatic heterocycles. The zero-order chi connectivity index (χ0) is 27.3. The van der Waals surface area contributed by atoms with Crippen LogP contribution in [0.25, 0.3) is 11.2 Å². The lowest BCUT2D eigenvalue weighted by Gasteiger charge is -2.11. The average molecular weight is 528 g/mol. The Morgan fingerprint density at radius 1 is 1.15 bits per heavy atom. The summed E-state index contributed by atoms with van der Waals surface area (Å²) in [6.07, 6.45) is 4.77. The van der Waals surface area contributed by atoms with Crippen LogP contribution < -0.4 is 16.6 Å². The van der Waals surface area contributed by atoms with E-state index in [2.05, 4.69) is 15.4 Å². The van der Waals surface area contributed by atoms with Crippen LogP contribution in [0.4, 0.5) is 10.1 Å². The van der Waals surface area contributed by atoms with Crippen molar-refractivity contribution in [3.8, 4) is 0 Å². The number of aryl methyl sites for hydroxylation is 1. The molecule has 3 heterocycles. The van der Waals surface area contributed by atoms with E-state index in [0.29, 0.717) is 22.7 Å². The lowest BCUT2D eigenvalue weighted by atomic mass is 10.0. The Bertz CT molecular complexity index is 1830. The number of carbonyl (C=O) groups is 1. The van der Waals surface area contributed by atoms with Crippen LogP contribution in [-0.4, -0.2) is 34.8 Å². The molecule has 11 heteroatoms. The van der Waals surface area contributed by atoms with Gasteiger partial charge in [0, 0.05) is 36.5 Å². The third kappa shape index (κ3) is 4.56. The highest BCUT2D eigenvalue weighted by Gasteiger charge is 2.30. The fourth-order valence-electron chi connectivity index (χ4n) is 4.71. The Morgan fingerprint density at radius 2 is 1.90 bits per heavy atom. The van der Waals surface area contributed by atoms with Crippen LogP contribution >= 0.6 is 0 Å². The summed E-state index contributed by atoms with van der Waals surface area (Å²) in [4.78, 5) is 47.1. The zero-order valence-electron chi connectivity index (χ0n) is 21.4. The van der Waals surface area contributed by atoms with Crippen LogP contribution in [0, 0.1) is 5.82 Å². The summed E-state index contributed by atoms with van der Waals surface area (Å²) in [7, 11) is 1.74. The van der Waals surface area contributed by atoms with Crippen molar-refractivity contribution in [1.29, 1.82) is 0 Å². The Labute approximate surface area is 221 Å². The third-order valence-electron chi connectivity index (χ3n) is 7.07. The van der Waals surface area contributed by atoms with Gasteiger partial charge in [-0.1, -0.05) is 37.3 Å². The minimum absolute atomic E-state index is 0.0402. The predicted octanol–water partition coefficient (Wildman–Crippen LogP) is 3.55. The molecule has 0 spiro atoms. The van der Waals surface area contributed by atoms with Gasteiger partial charge in [-0.25, -0.2) is 14.2 Å². The number of carbonyl (C=O) groups excluding carboxylic acids is 1. The zero-order valence-corrected chi connectivity index (χ0v) is 21.4. The molecule has 0 bridgehead atoms. The molecule has 0 saturated heterocycles. The molecule has 1 aliphatic rings. The Hall–Kier alpha value is -4.80. The molecule has 3 aromatic heterocycles. The molecular weight excluding hydrogens is 501 g/mol. The summed E-state index contributed by atoms with van der Waals surface area (Å²) in [6.45, 7) is 1.78. The average Bonchev–Trinajstić information content (AvgIpc) is 3.50. The minimum Gasteiger partial charge on any atom is -0.336 e. The molecule has 198 valence electrons. The summed E-state index contributed by atoms with van der Waals surface area (Å²) >= 11 is 0. The number of rotatable bonds is 7. The van der Waals surface area contributed by atoms with Crippen molar-refractivity contribution in [3.05, 3.63) is 110 Å². The lowest BCUT2D eigenvalue weighted by Crippen LogP contribution is -2.40. The normalized spacial score (nSPS) is 14.0. The summed E-state index contributed by atoms with van der Waals surface area (Å²) in [5.41, 5.74) is 1.78. The van der Waals surface area contributed by atoms with Gasteiger partial charge in [0.2, 0.25) is 0 Å². The van der Waals surface area contributed by atoms with Gasteiger partial charge in [0.1, 0.15) is 17.2 Å². The van der Waals surface area contributed by atoms with Crippen molar-refractivity contribution in [3.63, 3.8) is 0 Å². The van der Waals surface area contributed by atoms with E-state index >= 15 is 0 Å². The van der Waals surface area contributed by atoms with Gasteiger partial charge in [-0.2, -0.15) is 5.10 Å². The Balaban J connectivity index is 1.32. The van der Waals surface area contributed by atoms with E-state index in [1.165, 1.54) is 12.3 Å². The first-order valence-electron chi connectivity index (χ1n) is 12.7. The second kappa shape index (κ2) is 9.50. The number of H-pyrrole nitrogens is 1. The van der Waals surface area contributed by atoms with Crippen molar-refractivity contribution in [2.24, 2.45) is 7.05 Å². The van der Waals surface area contributed by atoms with Crippen molar-refractivity contribution in [1.82, 2.24) is 28.9 Å². The highest BCUT2D eigenvalue weighted by Crippen LogP contribution is 2.35. The number of benzene rings is 2. The second-order valence-corrected chi connectivity index (χ2v) is 9.89. The fraction of sp³-hybridized carbons (Fsp3) is 0.250. The van der Waals surface area contributed by atoms with E-state index in [9.17, 15) is 18.8 Å².